The molecule has 0 saturated carbocycles. The maximum absolute atomic E-state index is 5.99. The summed E-state index contributed by atoms with van der Waals surface area (Å²) in [6.07, 6.45) is 3.51. The van der Waals surface area contributed by atoms with Gasteiger partial charge in [-0.05, 0) is 44.2 Å². The fourth-order valence-corrected chi connectivity index (χ4v) is 3.11. The van der Waals surface area contributed by atoms with Gasteiger partial charge < -0.3 is 24.4 Å². The number of nitrogens with one attached hydrogen (secondary N) is 1. The maximum Gasteiger partial charge on any atom is 0.193 e. The number of nitrogens with zero attached hydrogens (tertiary/aromatic N) is 2. The van der Waals surface area contributed by atoms with Crippen LogP contribution in [0.1, 0.15) is 26.2 Å². The molecule has 1 heterocycles. The van der Waals surface area contributed by atoms with Gasteiger partial charge in [-0.1, -0.05) is 12.1 Å². The van der Waals surface area contributed by atoms with Crippen molar-refractivity contribution in [2.75, 3.05) is 47.5 Å². The van der Waals surface area contributed by atoms with Crippen molar-refractivity contribution in [1.29, 1.82) is 0 Å². The first kappa shape index (κ1) is 20.4. The fourth-order valence-electron chi connectivity index (χ4n) is 3.11. The molecule has 1 aliphatic rings. The zero-order chi connectivity index (χ0) is 18.8. The molecule has 0 radical (unpaired) electrons. The van der Waals surface area contributed by atoms with Crippen molar-refractivity contribution < 1.29 is 14.2 Å². The van der Waals surface area contributed by atoms with Gasteiger partial charge in [0.25, 0.3) is 0 Å². The molecule has 1 N–H and O–H groups in total. The summed E-state index contributed by atoms with van der Waals surface area (Å²) in [6, 6.07) is 7.70. The molecule has 0 spiro atoms. The number of benzene rings is 1. The molecule has 1 aliphatic heterocycles. The Morgan fingerprint density at radius 3 is 2.65 bits per heavy atom. The highest BCUT2D eigenvalue weighted by Crippen LogP contribution is 2.26. The Labute approximate surface area is 157 Å². The van der Waals surface area contributed by atoms with Gasteiger partial charge in [-0.25, -0.2) is 0 Å². The highest BCUT2D eigenvalue weighted by molar-refractivity contribution is 5.79. The molecular formula is C20H33N3O3. The first-order chi connectivity index (χ1) is 12.6. The summed E-state index contributed by atoms with van der Waals surface area (Å²) in [4.78, 5) is 6.58. The van der Waals surface area contributed by atoms with Gasteiger partial charge in [-0.15, -0.1) is 0 Å². The Morgan fingerprint density at radius 1 is 1.31 bits per heavy atom. The minimum absolute atomic E-state index is 0.00746. The van der Waals surface area contributed by atoms with Gasteiger partial charge >= 0.3 is 0 Å². The van der Waals surface area contributed by atoms with Crippen LogP contribution in [0.2, 0.25) is 0 Å². The molecule has 1 unspecified atom stereocenters. The number of para-hydroxylation sites is 2. The van der Waals surface area contributed by atoms with Crippen LogP contribution in [0.15, 0.2) is 29.3 Å². The van der Waals surface area contributed by atoms with Gasteiger partial charge in [0, 0.05) is 33.9 Å². The van der Waals surface area contributed by atoms with Gasteiger partial charge in [0.1, 0.15) is 6.10 Å². The van der Waals surface area contributed by atoms with E-state index in [0.29, 0.717) is 6.54 Å². The Balaban J connectivity index is 1.76. The smallest absolute Gasteiger partial charge is 0.193 e. The number of hydrogen-bond acceptors (Lipinski definition) is 4. The molecule has 1 saturated heterocycles. The number of ether oxygens (including phenoxy) is 3. The molecule has 0 aliphatic carbocycles. The Bertz CT molecular complexity index is 559. The Kier molecular flexibility index (Phi) is 8.54. The van der Waals surface area contributed by atoms with E-state index in [0.717, 1.165) is 43.1 Å². The van der Waals surface area contributed by atoms with E-state index in [1.807, 2.05) is 38.2 Å². The van der Waals surface area contributed by atoms with E-state index in [4.69, 9.17) is 14.2 Å². The SMILES string of the molecule is CN=C(NCC(C)Oc1ccccc1OC)N(C)CCC1CCOCC1. The second kappa shape index (κ2) is 10.9. The van der Waals surface area contributed by atoms with Gasteiger partial charge in [-0.2, -0.15) is 0 Å². The van der Waals surface area contributed by atoms with Gasteiger partial charge in [0.2, 0.25) is 0 Å². The number of guanidine groups is 1. The predicted octanol–water partition coefficient (Wildman–Crippen LogP) is 2.79. The van der Waals surface area contributed by atoms with Crippen LogP contribution in [-0.4, -0.2) is 64.5 Å². The molecule has 1 aromatic carbocycles. The van der Waals surface area contributed by atoms with Crippen LogP contribution in [-0.2, 0) is 4.74 Å². The highest BCUT2D eigenvalue weighted by atomic mass is 16.5. The van der Waals surface area contributed by atoms with Gasteiger partial charge in [0.15, 0.2) is 17.5 Å². The van der Waals surface area contributed by atoms with Crippen LogP contribution in [0.25, 0.3) is 0 Å². The fraction of sp³-hybridized carbons (Fsp3) is 0.650. The highest BCUT2D eigenvalue weighted by Gasteiger charge is 2.16. The van der Waals surface area contributed by atoms with Crippen molar-refractivity contribution in [2.45, 2.75) is 32.3 Å². The predicted molar refractivity (Wildman–Crippen MR) is 105 cm³/mol. The van der Waals surface area contributed by atoms with E-state index in [2.05, 4.69) is 22.3 Å². The van der Waals surface area contributed by atoms with Crippen molar-refractivity contribution in [3.8, 4) is 11.5 Å². The molecule has 1 atom stereocenters. The summed E-state index contributed by atoms with van der Waals surface area (Å²) >= 11 is 0. The molecular weight excluding hydrogens is 330 g/mol. The van der Waals surface area contributed by atoms with Crippen LogP contribution in [0.4, 0.5) is 0 Å². The van der Waals surface area contributed by atoms with Crippen molar-refractivity contribution >= 4 is 5.96 Å². The largest absolute Gasteiger partial charge is 0.493 e. The van der Waals surface area contributed by atoms with Crippen molar-refractivity contribution in [2.24, 2.45) is 10.9 Å². The number of hydrogen-bond donors (Lipinski definition) is 1. The minimum Gasteiger partial charge on any atom is -0.493 e. The lowest BCUT2D eigenvalue weighted by atomic mass is 9.96. The van der Waals surface area contributed by atoms with Crippen LogP contribution in [0.5, 0.6) is 11.5 Å². The van der Waals surface area contributed by atoms with Crippen LogP contribution < -0.4 is 14.8 Å². The third-order valence-corrected chi connectivity index (χ3v) is 4.73. The number of rotatable bonds is 8. The van der Waals surface area contributed by atoms with E-state index in [1.54, 1.807) is 7.11 Å². The molecule has 146 valence electrons. The number of aliphatic imine (C=N–C) groups is 1. The minimum atomic E-state index is -0.00746. The quantitative estimate of drug-likeness (QED) is 0.569. The molecule has 1 aromatic rings. The summed E-state index contributed by atoms with van der Waals surface area (Å²) in [5.74, 6) is 3.16. The van der Waals surface area contributed by atoms with Gasteiger partial charge in [-0.3, -0.25) is 4.99 Å². The molecule has 6 nitrogen and oxygen atoms in total. The topological polar surface area (TPSA) is 55.3 Å². The molecule has 1 fully saturated rings. The monoisotopic (exact) mass is 363 g/mol. The average molecular weight is 364 g/mol. The molecule has 0 aromatic heterocycles. The second-order valence-electron chi connectivity index (χ2n) is 6.77. The first-order valence-corrected chi connectivity index (χ1v) is 9.43. The molecule has 0 amide bonds. The summed E-state index contributed by atoms with van der Waals surface area (Å²) in [7, 11) is 5.56. The Morgan fingerprint density at radius 2 is 2.00 bits per heavy atom. The molecule has 6 heteroatoms. The standard InChI is InChI=1S/C20H33N3O3/c1-16(26-19-8-6-5-7-18(19)24-4)15-22-20(21-2)23(3)12-9-17-10-13-25-14-11-17/h5-8,16-17H,9-15H2,1-4H3,(H,21,22). The van der Waals surface area contributed by atoms with Crippen molar-refractivity contribution in [3.05, 3.63) is 24.3 Å². The molecule has 26 heavy (non-hydrogen) atoms. The lowest BCUT2D eigenvalue weighted by molar-refractivity contribution is 0.0625. The van der Waals surface area contributed by atoms with E-state index in [1.165, 1.54) is 19.3 Å². The summed E-state index contributed by atoms with van der Waals surface area (Å²) in [6.45, 7) is 5.51. The van der Waals surface area contributed by atoms with Gasteiger partial charge in [0.05, 0.1) is 13.7 Å². The van der Waals surface area contributed by atoms with E-state index >= 15 is 0 Å². The van der Waals surface area contributed by atoms with Crippen LogP contribution >= 0.6 is 0 Å². The van der Waals surface area contributed by atoms with E-state index in [9.17, 15) is 0 Å². The normalized spacial score (nSPS) is 16.8. The van der Waals surface area contributed by atoms with Crippen molar-refractivity contribution in [3.63, 3.8) is 0 Å². The second-order valence-corrected chi connectivity index (χ2v) is 6.77. The summed E-state index contributed by atoms with van der Waals surface area (Å²) in [5, 5.41) is 3.40. The third-order valence-electron chi connectivity index (χ3n) is 4.73. The lowest BCUT2D eigenvalue weighted by Crippen LogP contribution is -2.43. The van der Waals surface area contributed by atoms with E-state index < -0.39 is 0 Å². The molecule has 2 rings (SSSR count). The zero-order valence-corrected chi connectivity index (χ0v) is 16.5. The lowest BCUT2D eigenvalue weighted by Gasteiger charge is -2.27. The van der Waals surface area contributed by atoms with Crippen LogP contribution in [0, 0.1) is 5.92 Å². The number of methoxy groups -OCH3 is 1. The first-order valence-electron chi connectivity index (χ1n) is 9.43. The van der Waals surface area contributed by atoms with E-state index in [-0.39, 0.29) is 6.10 Å². The third kappa shape index (κ3) is 6.41. The molecule has 0 bridgehead atoms. The zero-order valence-electron chi connectivity index (χ0n) is 16.5. The maximum atomic E-state index is 5.99. The van der Waals surface area contributed by atoms with Crippen molar-refractivity contribution in [1.82, 2.24) is 10.2 Å². The Hall–Kier alpha value is -1.95. The van der Waals surface area contributed by atoms with Crippen LogP contribution in [0.3, 0.4) is 0 Å². The summed E-state index contributed by atoms with van der Waals surface area (Å²) < 4.78 is 16.8. The summed E-state index contributed by atoms with van der Waals surface area (Å²) in [5.41, 5.74) is 0. The average Bonchev–Trinajstić information content (AvgIpc) is 2.68.